The van der Waals surface area contributed by atoms with Gasteiger partial charge in [-0.3, -0.25) is 4.98 Å². The van der Waals surface area contributed by atoms with Crippen LogP contribution in [-0.2, 0) is 6.42 Å². The number of pyridine rings is 1. The summed E-state index contributed by atoms with van der Waals surface area (Å²) in [4.78, 5) is 4.60. The minimum absolute atomic E-state index is 0.942. The highest BCUT2D eigenvalue weighted by Crippen LogP contribution is 2.22. The Kier molecular flexibility index (Phi) is 2.86. The number of aromatic nitrogens is 1. The molecule has 1 aromatic carbocycles. The average molecular weight is 200 g/mol. The first-order chi connectivity index (χ1) is 7.35. The maximum absolute atomic E-state index is 4.60. The van der Waals surface area contributed by atoms with E-state index in [9.17, 15) is 0 Å². The summed E-state index contributed by atoms with van der Waals surface area (Å²) in [6, 6.07) is 10.4. The molecule has 1 heterocycles. The van der Waals surface area contributed by atoms with Crippen molar-refractivity contribution in [3.8, 4) is 0 Å². The quantitative estimate of drug-likeness (QED) is 0.822. The number of hydrogen-bond donors (Lipinski definition) is 1. The zero-order valence-electron chi connectivity index (χ0n) is 9.25. The molecule has 0 saturated carbocycles. The van der Waals surface area contributed by atoms with Crippen LogP contribution < -0.4 is 5.32 Å². The summed E-state index contributed by atoms with van der Waals surface area (Å²) in [5.41, 5.74) is 3.41. The van der Waals surface area contributed by atoms with Crippen LogP contribution in [0.15, 0.2) is 30.3 Å². The molecule has 1 N–H and O–H groups in total. The molecule has 0 aliphatic carbocycles. The molecule has 1 aromatic heterocycles. The molecule has 2 rings (SSSR count). The largest absolute Gasteiger partial charge is 0.385 e. The Morgan fingerprint density at radius 2 is 2.00 bits per heavy atom. The van der Waals surface area contributed by atoms with Gasteiger partial charge in [0.05, 0.1) is 5.52 Å². The normalized spacial score (nSPS) is 10.5. The minimum Gasteiger partial charge on any atom is -0.385 e. The highest BCUT2D eigenvalue weighted by atomic mass is 14.9. The lowest BCUT2D eigenvalue weighted by atomic mass is 10.1. The smallest absolute Gasteiger partial charge is 0.0726 e. The number of anilines is 1. The fraction of sp³-hybridized carbons (Fsp3) is 0.308. The van der Waals surface area contributed by atoms with E-state index in [1.54, 1.807) is 0 Å². The van der Waals surface area contributed by atoms with Crippen molar-refractivity contribution < 1.29 is 0 Å². The van der Waals surface area contributed by atoms with E-state index in [-0.39, 0.29) is 0 Å². The van der Waals surface area contributed by atoms with E-state index >= 15 is 0 Å². The average Bonchev–Trinajstić information content (AvgIpc) is 2.29. The lowest BCUT2D eigenvalue weighted by molar-refractivity contribution is 1.05. The fourth-order valence-electron chi connectivity index (χ4n) is 1.75. The van der Waals surface area contributed by atoms with Crippen molar-refractivity contribution in [2.75, 3.05) is 11.9 Å². The van der Waals surface area contributed by atoms with Gasteiger partial charge in [0.2, 0.25) is 0 Å². The van der Waals surface area contributed by atoms with Gasteiger partial charge in [0.1, 0.15) is 0 Å². The third-order valence-corrected chi connectivity index (χ3v) is 2.50. The number of nitrogens with one attached hydrogen (secondary N) is 1. The first-order valence-corrected chi connectivity index (χ1v) is 5.47. The number of aryl methyl sites for hydroxylation is 1. The number of rotatable bonds is 3. The predicted octanol–water partition coefficient (Wildman–Crippen LogP) is 3.23. The van der Waals surface area contributed by atoms with Crippen molar-refractivity contribution in [2.24, 2.45) is 0 Å². The molecule has 0 bridgehead atoms. The van der Waals surface area contributed by atoms with Crippen molar-refractivity contribution >= 4 is 16.6 Å². The second-order valence-corrected chi connectivity index (χ2v) is 3.56. The van der Waals surface area contributed by atoms with Crippen LogP contribution >= 0.6 is 0 Å². The Labute approximate surface area is 90.3 Å². The predicted molar refractivity (Wildman–Crippen MR) is 65.3 cm³/mol. The Bertz CT molecular complexity index is 463. The second kappa shape index (κ2) is 4.30. The zero-order valence-corrected chi connectivity index (χ0v) is 9.25. The van der Waals surface area contributed by atoms with Crippen molar-refractivity contribution in [3.05, 3.63) is 36.0 Å². The van der Waals surface area contributed by atoms with Gasteiger partial charge in [0.15, 0.2) is 0 Å². The Hall–Kier alpha value is -1.57. The van der Waals surface area contributed by atoms with Gasteiger partial charge in [-0.05, 0) is 25.5 Å². The summed E-state index contributed by atoms with van der Waals surface area (Å²) in [5, 5.41) is 4.59. The molecule has 0 aliphatic rings. The van der Waals surface area contributed by atoms with Gasteiger partial charge in [-0.15, -0.1) is 0 Å². The Balaban J connectivity index is 2.63. The molecule has 0 aliphatic heterocycles. The van der Waals surface area contributed by atoms with E-state index in [4.69, 9.17) is 0 Å². The van der Waals surface area contributed by atoms with E-state index < -0.39 is 0 Å². The molecular formula is C13H16N2. The van der Waals surface area contributed by atoms with E-state index in [0.29, 0.717) is 0 Å². The summed E-state index contributed by atoms with van der Waals surface area (Å²) < 4.78 is 0. The van der Waals surface area contributed by atoms with Crippen LogP contribution in [0.25, 0.3) is 10.9 Å². The summed E-state index contributed by atoms with van der Waals surface area (Å²) >= 11 is 0. The van der Waals surface area contributed by atoms with E-state index in [1.807, 2.05) is 6.07 Å². The van der Waals surface area contributed by atoms with Gasteiger partial charge in [0.25, 0.3) is 0 Å². The lowest BCUT2D eigenvalue weighted by Gasteiger charge is -2.09. The molecule has 2 heteroatoms. The minimum atomic E-state index is 0.942. The van der Waals surface area contributed by atoms with Crippen molar-refractivity contribution in [2.45, 2.75) is 20.3 Å². The molecule has 0 radical (unpaired) electrons. The molecule has 0 amide bonds. The first kappa shape index (κ1) is 9.97. The summed E-state index contributed by atoms with van der Waals surface area (Å²) in [5.74, 6) is 0. The van der Waals surface area contributed by atoms with Gasteiger partial charge in [-0.1, -0.05) is 25.1 Å². The SMILES string of the molecule is CCNc1cc(CC)nc2ccccc12. The third kappa shape index (κ3) is 1.94. The molecule has 2 nitrogen and oxygen atoms in total. The van der Waals surface area contributed by atoms with E-state index in [2.05, 4.69) is 48.4 Å². The highest BCUT2D eigenvalue weighted by molar-refractivity contribution is 5.91. The van der Waals surface area contributed by atoms with Crippen molar-refractivity contribution in [1.29, 1.82) is 0 Å². The topological polar surface area (TPSA) is 24.9 Å². The Morgan fingerprint density at radius 1 is 1.20 bits per heavy atom. The van der Waals surface area contributed by atoms with Gasteiger partial charge in [-0.2, -0.15) is 0 Å². The number of para-hydroxylation sites is 1. The molecule has 0 unspecified atom stereocenters. The molecule has 2 aromatic rings. The number of nitrogens with zero attached hydrogens (tertiary/aromatic N) is 1. The van der Waals surface area contributed by atoms with Crippen LogP contribution in [0.1, 0.15) is 19.5 Å². The number of fused-ring (bicyclic) bond motifs is 1. The Morgan fingerprint density at radius 3 is 2.73 bits per heavy atom. The van der Waals surface area contributed by atoms with Gasteiger partial charge < -0.3 is 5.32 Å². The van der Waals surface area contributed by atoms with Crippen LogP contribution in [0.4, 0.5) is 5.69 Å². The van der Waals surface area contributed by atoms with Crippen LogP contribution in [0.3, 0.4) is 0 Å². The molecule has 15 heavy (non-hydrogen) atoms. The standard InChI is InChI=1S/C13H16N2/c1-3-10-9-13(14-4-2)11-7-5-6-8-12(11)15-10/h5-9H,3-4H2,1-2H3,(H,14,15). The summed E-state index contributed by atoms with van der Waals surface area (Å²) in [6.07, 6.45) is 0.975. The highest BCUT2D eigenvalue weighted by Gasteiger charge is 2.02. The van der Waals surface area contributed by atoms with Crippen molar-refractivity contribution in [1.82, 2.24) is 4.98 Å². The molecule has 0 spiro atoms. The van der Waals surface area contributed by atoms with E-state index in [0.717, 1.165) is 24.2 Å². The molecular weight excluding hydrogens is 184 g/mol. The summed E-state index contributed by atoms with van der Waals surface area (Å²) in [6.45, 7) is 5.19. The monoisotopic (exact) mass is 200 g/mol. The van der Waals surface area contributed by atoms with Gasteiger partial charge in [-0.25, -0.2) is 0 Å². The van der Waals surface area contributed by atoms with Crippen LogP contribution in [0.5, 0.6) is 0 Å². The molecule has 0 fully saturated rings. The lowest BCUT2D eigenvalue weighted by Crippen LogP contribution is -2.00. The molecule has 78 valence electrons. The van der Waals surface area contributed by atoms with Crippen molar-refractivity contribution in [3.63, 3.8) is 0 Å². The van der Waals surface area contributed by atoms with Crippen LogP contribution in [-0.4, -0.2) is 11.5 Å². The zero-order chi connectivity index (χ0) is 10.7. The van der Waals surface area contributed by atoms with Gasteiger partial charge >= 0.3 is 0 Å². The maximum Gasteiger partial charge on any atom is 0.0726 e. The fourth-order valence-corrected chi connectivity index (χ4v) is 1.75. The molecule has 0 saturated heterocycles. The maximum atomic E-state index is 4.60. The van der Waals surface area contributed by atoms with Crippen LogP contribution in [0, 0.1) is 0 Å². The van der Waals surface area contributed by atoms with Gasteiger partial charge in [0, 0.05) is 23.3 Å². The number of benzene rings is 1. The summed E-state index contributed by atoms with van der Waals surface area (Å²) in [7, 11) is 0. The number of hydrogen-bond acceptors (Lipinski definition) is 2. The third-order valence-electron chi connectivity index (χ3n) is 2.50. The molecule has 0 atom stereocenters. The first-order valence-electron chi connectivity index (χ1n) is 5.47. The second-order valence-electron chi connectivity index (χ2n) is 3.56. The van der Waals surface area contributed by atoms with Crippen LogP contribution in [0.2, 0.25) is 0 Å². The van der Waals surface area contributed by atoms with E-state index in [1.165, 1.54) is 11.1 Å².